The molecule has 192 valence electrons. The molecular formula is C29H30N8O. The number of aromatic nitrogens is 4. The molecule has 1 fully saturated rings. The zero-order chi connectivity index (χ0) is 26.3. The van der Waals surface area contributed by atoms with Gasteiger partial charge in [0.2, 0.25) is 0 Å². The van der Waals surface area contributed by atoms with E-state index in [0.29, 0.717) is 17.9 Å². The number of aryl methyl sites for hydroxylation is 1. The summed E-state index contributed by atoms with van der Waals surface area (Å²) >= 11 is 0. The number of anilines is 2. The van der Waals surface area contributed by atoms with E-state index in [4.69, 9.17) is 10.2 Å². The Morgan fingerprint density at radius 1 is 1.00 bits per heavy atom. The van der Waals surface area contributed by atoms with Crippen molar-refractivity contribution in [3.63, 3.8) is 0 Å². The lowest BCUT2D eigenvalue weighted by Gasteiger charge is -2.36. The van der Waals surface area contributed by atoms with Crippen LogP contribution in [-0.4, -0.2) is 37.9 Å². The Labute approximate surface area is 222 Å². The second-order valence-electron chi connectivity index (χ2n) is 9.52. The van der Waals surface area contributed by atoms with Crippen LogP contribution in [0.15, 0.2) is 79.4 Å². The van der Waals surface area contributed by atoms with Crippen molar-refractivity contribution in [2.24, 2.45) is 7.05 Å². The van der Waals surface area contributed by atoms with Crippen LogP contribution in [0.2, 0.25) is 0 Å². The average Bonchev–Trinajstić information content (AvgIpc) is 3.40. The van der Waals surface area contributed by atoms with E-state index in [9.17, 15) is 4.79 Å². The number of urea groups is 1. The summed E-state index contributed by atoms with van der Waals surface area (Å²) in [7, 11) is 1.88. The second kappa shape index (κ2) is 11.6. The first-order valence-electron chi connectivity index (χ1n) is 12.8. The topological polar surface area (TPSA) is 112 Å². The number of amides is 2. The maximum atomic E-state index is 13.5. The van der Waals surface area contributed by atoms with Gasteiger partial charge in [-0.25, -0.2) is 14.8 Å². The van der Waals surface area contributed by atoms with E-state index in [-0.39, 0.29) is 18.1 Å². The van der Waals surface area contributed by atoms with Crippen LogP contribution in [0.5, 0.6) is 0 Å². The highest BCUT2D eigenvalue weighted by Gasteiger charge is 2.31. The first-order valence-corrected chi connectivity index (χ1v) is 12.8. The third-order valence-electron chi connectivity index (χ3n) is 6.84. The first-order chi connectivity index (χ1) is 18.6. The van der Waals surface area contributed by atoms with Gasteiger partial charge in [0, 0.05) is 55.4 Å². The van der Waals surface area contributed by atoms with Crippen LogP contribution < -0.4 is 15.5 Å². The molecule has 0 atom stereocenters. The predicted molar refractivity (Wildman–Crippen MR) is 146 cm³/mol. The summed E-state index contributed by atoms with van der Waals surface area (Å²) in [6.07, 6.45) is 10.6. The summed E-state index contributed by atoms with van der Waals surface area (Å²) in [6, 6.07) is 19.6. The van der Waals surface area contributed by atoms with Crippen molar-refractivity contribution in [1.29, 1.82) is 5.26 Å². The molecule has 4 aromatic rings. The molecule has 0 bridgehead atoms. The molecule has 9 heteroatoms. The largest absolute Gasteiger partial charge is 0.367 e. The minimum absolute atomic E-state index is 0.0227. The lowest BCUT2D eigenvalue weighted by Crippen LogP contribution is -2.49. The van der Waals surface area contributed by atoms with Gasteiger partial charge in [-0.2, -0.15) is 10.4 Å². The number of nitrogens with one attached hydrogen (secondary N) is 2. The fourth-order valence-electron chi connectivity index (χ4n) is 4.82. The highest BCUT2D eigenvalue weighted by molar-refractivity contribution is 5.91. The van der Waals surface area contributed by atoms with Crippen molar-refractivity contribution < 1.29 is 4.79 Å². The van der Waals surface area contributed by atoms with Gasteiger partial charge >= 0.3 is 6.03 Å². The molecule has 0 aliphatic heterocycles. The van der Waals surface area contributed by atoms with Gasteiger partial charge in [-0.3, -0.25) is 9.58 Å². The van der Waals surface area contributed by atoms with Gasteiger partial charge in [-0.05, 0) is 55.5 Å². The van der Waals surface area contributed by atoms with Gasteiger partial charge in [0.25, 0.3) is 0 Å². The lowest BCUT2D eigenvalue weighted by molar-refractivity contribution is 0.240. The van der Waals surface area contributed by atoms with E-state index in [1.807, 2.05) is 66.7 Å². The average molecular weight is 507 g/mol. The van der Waals surface area contributed by atoms with Crippen LogP contribution in [0.3, 0.4) is 0 Å². The number of carbonyl (C=O) groups excluding carboxylic acids is 1. The van der Waals surface area contributed by atoms with Gasteiger partial charge < -0.3 is 10.6 Å². The molecule has 38 heavy (non-hydrogen) atoms. The highest BCUT2D eigenvalue weighted by atomic mass is 16.2. The van der Waals surface area contributed by atoms with E-state index in [2.05, 4.69) is 26.8 Å². The number of nitrogens with zero attached hydrogens (tertiary/aromatic N) is 6. The van der Waals surface area contributed by atoms with Crippen molar-refractivity contribution in [3.05, 3.63) is 90.5 Å². The van der Waals surface area contributed by atoms with Crippen LogP contribution in [0.1, 0.15) is 36.8 Å². The first kappa shape index (κ1) is 25.0. The molecule has 2 N–H and O–H groups in total. The molecule has 0 spiro atoms. The number of hydrogen-bond acceptors (Lipinski definition) is 6. The molecule has 3 heterocycles. The van der Waals surface area contributed by atoms with E-state index >= 15 is 0 Å². The maximum absolute atomic E-state index is 13.5. The van der Waals surface area contributed by atoms with Crippen molar-refractivity contribution in [2.75, 3.05) is 10.2 Å². The van der Waals surface area contributed by atoms with Crippen LogP contribution in [-0.2, 0) is 13.6 Å². The summed E-state index contributed by atoms with van der Waals surface area (Å²) in [5, 5.41) is 19.8. The summed E-state index contributed by atoms with van der Waals surface area (Å²) in [4.78, 5) is 24.4. The monoisotopic (exact) mass is 506 g/mol. The zero-order valence-electron chi connectivity index (χ0n) is 21.3. The third kappa shape index (κ3) is 5.98. The molecular weight excluding hydrogens is 476 g/mol. The summed E-state index contributed by atoms with van der Waals surface area (Å²) in [5.74, 6) is 1.39. The fraction of sp³-hybridized carbons (Fsp3) is 0.276. The third-order valence-corrected chi connectivity index (χ3v) is 6.84. The SMILES string of the molecule is Cn1cc(-c2ccc(N(C(=O)NCc3ccccc3)[C@H]3CC[C@H](Nc4ccc(C#N)cn4)CC3)nc2)cn1. The Kier molecular flexibility index (Phi) is 7.59. The van der Waals surface area contributed by atoms with Gasteiger partial charge in [-0.1, -0.05) is 30.3 Å². The Morgan fingerprint density at radius 3 is 2.45 bits per heavy atom. The van der Waals surface area contributed by atoms with Crippen LogP contribution in [0, 0.1) is 11.3 Å². The number of carbonyl (C=O) groups is 1. The summed E-state index contributed by atoms with van der Waals surface area (Å²) in [5.41, 5.74) is 3.52. The van der Waals surface area contributed by atoms with Crippen molar-refractivity contribution in [1.82, 2.24) is 25.1 Å². The lowest BCUT2D eigenvalue weighted by atomic mass is 9.90. The fourth-order valence-corrected chi connectivity index (χ4v) is 4.82. The van der Waals surface area contributed by atoms with Gasteiger partial charge in [0.15, 0.2) is 0 Å². The normalized spacial score (nSPS) is 16.8. The second-order valence-corrected chi connectivity index (χ2v) is 9.52. The number of benzene rings is 1. The highest BCUT2D eigenvalue weighted by Crippen LogP contribution is 2.29. The number of nitriles is 1. The molecule has 0 unspecified atom stereocenters. The number of pyridine rings is 2. The Balaban J connectivity index is 1.29. The van der Waals surface area contributed by atoms with Crippen molar-refractivity contribution >= 4 is 17.7 Å². The molecule has 1 aliphatic carbocycles. The minimum Gasteiger partial charge on any atom is -0.367 e. The van der Waals surface area contributed by atoms with Crippen LogP contribution >= 0.6 is 0 Å². The summed E-state index contributed by atoms with van der Waals surface area (Å²) in [6.45, 7) is 0.450. The van der Waals surface area contributed by atoms with Crippen molar-refractivity contribution in [2.45, 2.75) is 44.3 Å². The number of hydrogen-bond donors (Lipinski definition) is 2. The predicted octanol–water partition coefficient (Wildman–Crippen LogP) is 4.89. The molecule has 1 aromatic carbocycles. The van der Waals surface area contributed by atoms with Crippen molar-refractivity contribution in [3.8, 4) is 17.2 Å². The minimum atomic E-state index is -0.152. The Morgan fingerprint density at radius 2 is 1.82 bits per heavy atom. The maximum Gasteiger partial charge on any atom is 0.323 e. The smallest absolute Gasteiger partial charge is 0.323 e. The van der Waals surface area contributed by atoms with Gasteiger partial charge in [0.05, 0.1) is 11.8 Å². The summed E-state index contributed by atoms with van der Waals surface area (Å²) < 4.78 is 1.76. The van der Waals surface area contributed by atoms with E-state index in [1.165, 1.54) is 0 Å². The molecule has 3 aromatic heterocycles. The van der Waals surface area contributed by atoms with Gasteiger partial charge in [-0.15, -0.1) is 0 Å². The van der Waals surface area contributed by atoms with Crippen LogP contribution in [0.25, 0.3) is 11.1 Å². The van der Waals surface area contributed by atoms with E-state index < -0.39 is 0 Å². The molecule has 2 amide bonds. The van der Waals surface area contributed by atoms with Crippen LogP contribution in [0.4, 0.5) is 16.4 Å². The molecule has 9 nitrogen and oxygen atoms in total. The molecule has 1 saturated carbocycles. The molecule has 0 saturated heterocycles. The molecule has 1 aliphatic rings. The van der Waals surface area contributed by atoms with E-state index in [0.717, 1.165) is 48.2 Å². The standard InChI is InChI=1S/C29H30N8O/c1-36-20-24(19-34-36)23-8-14-28(32-18-23)37(29(38)33-16-21-5-3-2-4-6-21)26-11-9-25(10-12-26)35-27-13-7-22(15-30)17-31-27/h2-8,13-14,17-20,25-26H,9-12,16H2,1H3,(H,31,35)(H,33,38)/t25-,26-. The zero-order valence-corrected chi connectivity index (χ0v) is 21.3. The molecule has 5 rings (SSSR count). The van der Waals surface area contributed by atoms with E-state index in [1.54, 1.807) is 29.3 Å². The quantitative estimate of drug-likeness (QED) is 0.369. The van der Waals surface area contributed by atoms with Gasteiger partial charge in [0.1, 0.15) is 17.7 Å². The molecule has 0 radical (unpaired) electrons. The Bertz CT molecular complexity index is 1390. The number of rotatable bonds is 7. The Hall–Kier alpha value is -4.71.